The summed E-state index contributed by atoms with van der Waals surface area (Å²) in [5.74, 6) is -0.447. The van der Waals surface area contributed by atoms with Gasteiger partial charge in [-0.1, -0.05) is 24.3 Å². The normalized spacial score (nSPS) is 11.7. The third-order valence-corrected chi connectivity index (χ3v) is 2.94. The first-order valence-corrected chi connectivity index (χ1v) is 6.02. The summed E-state index contributed by atoms with van der Waals surface area (Å²) < 4.78 is 51.3. The first-order chi connectivity index (χ1) is 9.41. The van der Waals surface area contributed by atoms with Gasteiger partial charge in [0.2, 0.25) is 0 Å². The molecule has 0 aliphatic carbocycles. The van der Waals surface area contributed by atoms with Gasteiger partial charge >= 0.3 is 6.18 Å². The molecule has 0 fully saturated rings. The minimum absolute atomic E-state index is 0.290. The molecule has 1 nitrogen and oxygen atoms in total. The van der Waals surface area contributed by atoms with E-state index >= 15 is 0 Å². The summed E-state index contributed by atoms with van der Waals surface area (Å²) >= 11 is 0. The fourth-order valence-corrected chi connectivity index (χ4v) is 1.95. The van der Waals surface area contributed by atoms with Crippen molar-refractivity contribution in [3.05, 3.63) is 59.4 Å². The van der Waals surface area contributed by atoms with Gasteiger partial charge < -0.3 is 5.32 Å². The lowest BCUT2D eigenvalue weighted by atomic mass is 10.0. The highest BCUT2D eigenvalue weighted by molar-refractivity contribution is 5.64. The lowest BCUT2D eigenvalue weighted by Crippen LogP contribution is -2.05. The molecule has 0 saturated heterocycles. The topological polar surface area (TPSA) is 12.0 Å². The molecule has 0 radical (unpaired) electrons. The van der Waals surface area contributed by atoms with Gasteiger partial charge in [0.25, 0.3) is 0 Å². The molecule has 20 heavy (non-hydrogen) atoms. The van der Waals surface area contributed by atoms with Crippen LogP contribution in [0.4, 0.5) is 17.6 Å². The van der Waals surface area contributed by atoms with E-state index in [0.717, 1.165) is 17.7 Å². The van der Waals surface area contributed by atoms with E-state index in [2.05, 4.69) is 5.32 Å². The number of halogens is 4. The van der Waals surface area contributed by atoms with Gasteiger partial charge in [0.15, 0.2) is 0 Å². The van der Waals surface area contributed by atoms with Gasteiger partial charge in [0, 0.05) is 12.1 Å². The van der Waals surface area contributed by atoms with Crippen LogP contribution < -0.4 is 5.32 Å². The highest BCUT2D eigenvalue weighted by atomic mass is 19.4. The average Bonchev–Trinajstić information content (AvgIpc) is 2.38. The summed E-state index contributed by atoms with van der Waals surface area (Å²) in [6.07, 6.45) is -4.38. The van der Waals surface area contributed by atoms with Gasteiger partial charge in [-0.3, -0.25) is 0 Å². The Labute approximate surface area is 114 Å². The Hall–Kier alpha value is -1.88. The molecule has 0 aliphatic rings. The molecule has 0 amide bonds. The second-order valence-corrected chi connectivity index (χ2v) is 4.42. The molecule has 5 heteroatoms. The lowest BCUT2D eigenvalue weighted by molar-refractivity contribution is -0.137. The van der Waals surface area contributed by atoms with Crippen molar-refractivity contribution in [3.63, 3.8) is 0 Å². The second-order valence-electron chi connectivity index (χ2n) is 4.42. The number of nitrogens with one attached hydrogen (secondary N) is 1. The van der Waals surface area contributed by atoms with Crippen molar-refractivity contribution in [1.29, 1.82) is 0 Å². The number of hydrogen-bond donors (Lipinski definition) is 1. The maximum atomic E-state index is 13.9. The van der Waals surface area contributed by atoms with Crippen LogP contribution >= 0.6 is 0 Å². The van der Waals surface area contributed by atoms with E-state index in [-0.39, 0.29) is 0 Å². The maximum absolute atomic E-state index is 13.9. The molecule has 2 aromatic rings. The molecule has 0 aliphatic heterocycles. The van der Waals surface area contributed by atoms with Crippen molar-refractivity contribution in [1.82, 2.24) is 5.32 Å². The summed E-state index contributed by atoms with van der Waals surface area (Å²) in [5.41, 5.74) is 0.749. The summed E-state index contributed by atoms with van der Waals surface area (Å²) in [7, 11) is 1.75. The van der Waals surface area contributed by atoms with Crippen LogP contribution in [0.2, 0.25) is 0 Å². The fourth-order valence-electron chi connectivity index (χ4n) is 1.95. The Morgan fingerprint density at radius 2 is 1.65 bits per heavy atom. The van der Waals surface area contributed by atoms with E-state index in [4.69, 9.17) is 0 Å². The predicted molar refractivity (Wildman–Crippen MR) is 69.6 cm³/mol. The van der Waals surface area contributed by atoms with Crippen LogP contribution in [0, 0.1) is 5.82 Å². The highest BCUT2D eigenvalue weighted by Gasteiger charge is 2.30. The molecule has 2 aromatic carbocycles. The second kappa shape index (κ2) is 5.63. The minimum atomic E-state index is -4.38. The molecule has 0 unspecified atom stereocenters. The maximum Gasteiger partial charge on any atom is 0.416 e. The number of hydrogen-bond acceptors (Lipinski definition) is 1. The molecule has 0 atom stereocenters. The molecule has 0 aromatic heterocycles. The van der Waals surface area contributed by atoms with Crippen LogP contribution in [0.5, 0.6) is 0 Å². The van der Waals surface area contributed by atoms with Gasteiger partial charge in [-0.05, 0) is 36.4 Å². The van der Waals surface area contributed by atoms with Gasteiger partial charge in [0.1, 0.15) is 5.82 Å². The Balaban J connectivity index is 2.32. The van der Waals surface area contributed by atoms with Crippen molar-refractivity contribution < 1.29 is 17.6 Å². The Bertz CT molecular complexity index is 588. The van der Waals surface area contributed by atoms with Gasteiger partial charge in [-0.15, -0.1) is 0 Å². The zero-order valence-corrected chi connectivity index (χ0v) is 10.8. The molecular weight excluding hydrogens is 270 g/mol. The first kappa shape index (κ1) is 14.5. The molecule has 0 bridgehead atoms. The average molecular weight is 283 g/mol. The third kappa shape index (κ3) is 3.17. The quantitative estimate of drug-likeness (QED) is 0.831. The number of alkyl halides is 3. The Morgan fingerprint density at radius 3 is 2.15 bits per heavy atom. The van der Waals surface area contributed by atoms with Crippen molar-refractivity contribution >= 4 is 0 Å². The largest absolute Gasteiger partial charge is 0.416 e. The molecule has 106 valence electrons. The van der Waals surface area contributed by atoms with Gasteiger partial charge in [0.05, 0.1) is 5.56 Å². The van der Waals surface area contributed by atoms with Crippen molar-refractivity contribution in [2.24, 2.45) is 0 Å². The van der Waals surface area contributed by atoms with E-state index in [1.807, 2.05) is 0 Å². The standard InChI is InChI=1S/C15H13F4N/c1-20-9-10-2-7-13(14(16)8-10)11-3-5-12(6-4-11)15(17,18)19/h2-8,20H,9H2,1H3. The summed E-state index contributed by atoms with van der Waals surface area (Å²) in [6, 6.07) is 9.16. The first-order valence-electron chi connectivity index (χ1n) is 6.02. The van der Waals surface area contributed by atoms with E-state index in [9.17, 15) is 17.6 Å². The van der Waals surface area contributed by atoms with Crippen LogP contribution in [0.1, 0.15) is 11.1 Å². The molecule has 2 rings (SSSR count). The summed E-state index contributed by atoms with van der Waals surface area (Å²) in [4.78, 5) is 0. The van der Waals surface area contributed by atoms with Crippen LogP contribution in [0.25, 0.3) is 11.1 Å². The number of benzene rings is 2. The summed E-state index contributed by atoms with van der Waals surface area (Å²) in [6.45, 7) is 0.532. The molecule has 1 N–H and O–H groups in total. The van der Waals surface area contributed by atoms with Gasteiger partial charge in [-0.2, -0.15) is 13.2 Å². The highest BCUT2D eigenvalue weighted by Crippen LogP contribution is 2.31. The molecule has 0 heterocycles. The van der Waals surface area contributed by atoms with E-state index in [0.29, 0.717) is 17.7 Å². The van der Waals surface area contributed by atoms with Gasteiger partial charge in [-0.25, -0.2) is 4.39 Å². The van der Waals surface area contributed by atoms with Crippen LogP contribution in [-0.4, -0.2) is 7.05 Å². The van der Waals surface area contributed by atoms with E-state index in [1.165, 1.54) is 18.2 Å². The fraction of sp³-hybridized carbons (Fsp3) is 0.200. The van der Waals surface area contributed by atoms with Crippen molar-refractivity contribution in [2.45, 2.75) is 12.7 Å². The molecule has 0 spiro atoms. The minimum Gasteiger partial charge on any atom is -0.316 e. The Kier molecular flexibility index (Phi) is 4.09. The predicted octanol–water partition coefficient (Wildman–Crippen LogP) is 4.23. The SMILES string of the molecule is CNCc1ccc(-c2ccc(C(F)(F)F)cc2)c(F)c1. The molecular formula is C15H13F4N. The number of rotatable bonds is 3. The Morgan fingerprint density at radius 1 is 1.00 bits per heavy atom. The van der Waals surface area contributed by atoms with Crippen LogP contribution in [0.3, 0.4) is 0 Å². The lowest BCUT2D eigenvalue weighted by Gasteiger charge is -2.09. The zero-order valence-electron chi connectivity index (χ0n) is 10.8. The van der Waals surface area contributed by atoms with Crippen LogP contribution in [0.15, 0.2) is 42.5 Å². The van der Waals surface area contributed by atoms with E-state index < -0.39 is 17.6 Å². The zero-order chi connectivity index (χ0) is 14.8. The summed E-state index contributed by atoms with van der Waals surface area (Å²) in [5, 5.41) is 2.90. The van der Waals surface area contributed by atoms with E-state index in [1.54, 1.807) is 19.2 Å². The third-order valence-electron chi connectivity index (χ3n) is 2.94. The molecule has 0 saturated carbocycles. The van der Waals surface area contributed by atoms with Crippen molar-refractivity contribution in [2.75, 3.05) is 7.05 Å². The monoisotopic (exact) mass is 283 g/mol. The van der Waals surface area contributed by atoms with Crippen LogP contribution in [-0.2, 0) is 12.7 Å². The van der Waals surface area contributed by atoms with Crippen molar-refractivity contribution in [3.8, 4) is 11.1 Å². The smallest absolute Gasteiger partial charge is 0.316 e.